The van der Waals surface area contributed by atoms with Crippen LogP contribution in [0.15, 0.2) is 77.6 Å². The van der Waals surface area contributed by atoms with Gasteiger partial charge in [0.25, 0.3) is 11.2 Å². The Morgan fingerprint density at radius 3 is 2.43 bits per heavy atom. The molecule has 0 radical (unpaired) electrons. The number of fused-ring (bicyclic) bond motifs is 1. The molecule has 3 aromatic carbocycles. The Kier molecular flexibility index (Phi) is 7.49. The molecule has 1 saturated heterocycles. The van der Waals surface area contributed by atoms with Gasteiger partial charge >= 0.3 is 0 Å². The van der Waals surface area contributed by atoms with Crippen molar-refractivity contribution in [2.24, 2.45) is 0 Å². The number of anilines is 1. The highest BCUT2D eigenvalue weighted by molar-refractivity contribution is 5.83. The van der Waals surface area contributed by atoms with E-state index in [1.54, 1.807) is 12.1 Å². The number of aromatic amines is 1. The molecule has 1 atom stereocenters. The first-order chi connectivity index (χ1) is 20.4. The fourth-order valence-electron chi connectivity index (χ4n) is 5.88. The number of non-ortho nitro benzene ring substituents is 1. The Bertz CT molecular complexity index is 1770. The summed E-state index contributed by atoms with van der Waals surface area (Å²) in [7, 11) is 0. The van der Waals surface area contributed by atoms with Crippen LogP contribution >= 0.6 is 0 Å². The van der Waals surface area contributed by atoms with Crippen molar-refractivity contribution in [1.29, 1.82) is 0 Å². The van der Waals surface area contributed by atoms with Gasteiger partial charge in [0.1, 0.15) is 6.04 Å². The van der Waals surface area contributed by atoms with E-state index in [2.05, 4.69) is 61.5 Å². The number of nitro groups is 1. The Balaban J connectivity index is 1.34. The SMILES string of the molecule is Cc1cc(C)c2[nH]c(=O)c([C@H](c3nnnn3CCc3ccccc3)N3CCN(c4ccc([N+](=O)[O-])cc4)CC3)cc2c1. The van der Waals surface area contributed by atoms with E-state index in [-0.39, 0.29) is 11.2 Å². The fraction of sp³-hybridized carbons (Fsp3) is 0.290. The predicted molar refractivity (Wildman–Crippen MR) is 161 cm³/mol. The summed E-state index contributed by atoms with van der Waals surface area (Å²) in [6.45, 7) is 7.30. The summed E-state index contributed by atoms with van der Waals surface area (Å²) in [4.78, 5) is 32.0. The van der Waals surface area contributed by atoms with Crippen LogP contribution in [0.3, 0.4) is 0 Å². The number of tetrazole rings is 1. The Morgan fingerprint density at radius 2 is 1.71 bits per heavy atom. The molecule has 1 aliphatic heterocycles. The Labute approximate surface area is 242 Å². The highest BCUT2D eigenvalue weighted by Gasteiger charge is 2.33. The van der Waals surface area contributed by atoms with Crippen LogP contribution in [-0.4, -0.2) is 61.2 Å². The van der Waals surface area contributed by atoms with Crippen molar-refractivity contribution in [3.63, 3.8) is 0 Å². The van der Waals surface area contributed by atoms with Gasteiger partial charge in [-0.3, -0.25) is 19.8 Å². The zero-order valence-electron chi connectivity index (χ0n) is 23.6. The van der Waals surface area contributed by atoms with Gasteiger partial charge in [-0.15, -0.1) is 5.10 Å². The summed E-state index contributed by atoms with van der Waals surface area (Å²) >= 11 is 0. The molecule has 0 saturated carbocycles. The molecule has 0 amide bonds. The first kappa shape index (κ1) is 27.3. The quantitative estimate of drug-likeness (QED) is 0.220. The molecule has 1 N–H and O–H groups in total. The van der Waals surface area contributed by atoms with E-state index in [1.807, 2.05) is 35.9 Å². The monoisotopic (exact) mass is 564 g/mol. The van der Waals surface area contributed by atoms with Gasteiger partial charge in [0.2, 0.25) is 0 Å². The molecule has 11 heteroatoms. The van der Waals surface area contributed by atoms with Gasteiger partial charge in [0.05, 0.1) is 10.4 Å². The number of nitrogens with one attached hydrogen (secondary N) is 1. The molecule has 214 valence electrons. The molecule has 0 aliphatic carbocycles. The highest BCUT2D eigenvalue weighted by atomic mass is 16.6. The topological polar surface area (TPSA) is 126 Å². The lowest BCUT2D eigenvalue weighted by atomic mass is 10.00. The lowest BCUT2D eigenvalue weighted by Crippen LogP contribution is -2.49. The molecule has 0 bridgehead atoms. The average molecular weight is 565 g/mol. The maximum absolute atomic E-state index is 13.7. The number of benzene rings is 3. The van der Waals surface area contributed by atoms with Crippen LogP contribution in [0.4, 0.5) is 11.4 Å². The molecule has 1 aliphatic rings. The fourth-order valence-corrected chi connectivity index (χ4v) is 5.88. The Morgan fingerprint density at radius 1 is 0.976 bits per heavy atom. The van der Waals surface area contributed by atoms with Crippen LogP contribution in [0.2, 0.25) is 0 Å². The smallest absolute Gasteiger partial charge is 0.269 e. The van der Waals surface area contributed by atoms with Gasteiger partial charge in [-0.1, -0.05) is 42.0 Å². The molecule has 11 nitrogen and oxygen atoms in total. The van der Waals surface area contributed by atoms with Gasteiger partial charge in [-0.2, -0.15) is 0 Å². The number of aromatic nitrogens is 5. The molecule has 42 heavy (non-hydrogen) atoms. The molecule has 1 fully saturated rings. The highest BCUT2D eigenvalue weighted by Crippen LogP contribution is 2.30. The first-order valence-corrected chi connectivity index (χ1v) is 14.0. The van der Waals surface area contributed by atoms with Crippen molar-refractivity contribution in [3.05, 3.63) is 121 Å². The van der Waals surface area contributed by atoms with Crippen molar-refractivity contribution in [3.8, 4) is 0 Å². The zero-order chi connectivity index (χ0) is 29.2. The lowest BCUT2D eigenvalue weighted by Gasteiger charge is -2.39. The van der Waals surface area contributed by atoms with Crippen molar-refractivity contribution >= 4 is 22.3 Å². The lowest BCUT2D eigenvalue weighted by molar-refractivity contribution is -0.384. The van der Waals surface area contributed by atoms with Crippen LogP contribution in [0.1, 0.15) is 34.1 Å². The molecular weight excluding hydrogens is 532 g/mol. The third-order valence-electron chi connectivity index (χ3n) is 7.98. The van der Waals surface area contributed by atoms with Gasteiger partial charge in [-0.05, 0) is 71.5 Å². The third-order valence-corrected chi connectivity index (χ3v) is 7.98. The molecule has 0 unspecified atom stereocenters. The van der Waals surface area contributed by atoms with E-state index >= 15 is 0 Å². The van der Waals surface area contributed by atoms with Gasteiger partial charge < -0.3 is 9.88 Å². The number of piperazine rings is 1. The number of aryl methyl sites for hydroxylation is 4. The summed E-state index contributed by atoms with van der Waals surface area (Å²) in [5, 5.41) is 24.9. The number of hydrogen-bond acceptors (Lipinski definition) is 8. The van der Waals surface area contributed by atoms with Crippen LogP contribution < -0.4 is 10.5 Å². The van der Waals surface area contributed by atoms with E-state index in [0.29, 0.717) is 44.1 Å². The van der Waals surface area contributed by atoms with Crippen LogP contribution in [-0.2, 0) is 13.0 Å². The molecule has 2 aromatic heterocycles. The van der Waals surface area contributed by atoms with Crippen LogP contribution in [0.5, 0.6) is 0 Å². The second-order valence-electron chi connectivity index (χ2n) is 10.8. The number of hydrogen-bond donors (Lipinski definition) is 1. The number of rotatable bonds is 8. The minimum atomic E-state index is -0.455. The van der Waals surface area contributed by atoms with Crippen molar-refractivity contribution in [1.82, 2.24) is 30.1 Å². The number of H-pyrrole nitrogens is 1. The average Bonchev–Trinajstić information content (AvgIpc) is 3.46. The van der Waals surface area contributed by atoms with E-state index in [9.17, 15) is 14.9 Å². The van der Waals surface area contributed by atoms with Crippen LogP contribution in [0, 0.1) is 24.0 Å². The summed E-state index contributed by atoms with van der Waals surface area (Å²) < 4.78 is 1.81. The standard InChI is InChI=1S/C31H32N8O3/c1-21-18-22(2)28-24(19-21)20-27(31(40)32-28)29(30-33-34-35-38(30)13-12-23-6-4-3-5-7-23)37-16-14-36(15-17-37)25-8-10-26(11-9-25)39(41)42/h3-11,18-20,29H,12-17H2,1-2H3,(H,32,40)/t29-/m1/s1. The third kappa shape index (κ3) is 5.51. The summed E-state index contributed by atoms with van der Waals surface area (Å²) in [6, 6.07) is 22.5. The minimum absolute atomic E-state index is 0.0702. The van der Waals surface area contributed by atoms with Crippen LogP contribution in [0.25, 0.3) is 10.9 Å². The van der Waals surface area contributed by atoms with Gasteiger partial charge in [0.15, 0.2) is 5.82 Å². The maximum atomic E-state index is 13.7. The molecule has 0 spiro atoms. The zero-order valence-corrected chi connectivity index (χ0v) is 23.6. The van der Waals surface area contributed by atoms with Gasteiger partial charge in [0, 0.05) is 56.1 Å². The minimum Gasteiger partial charge on any atom is -0.369 e. The van der Waals surface area contributed by atoms with E-state index in [1.165, 1.54) is 17.7 Å². The van der Waals surface area contributed by atoms with Crippen molar-refractivity contribution in [2.45, 2.75) is 32.9 Å². The van der Waals surface area contributed by atoms with Crippen molar-refractivity contribution in [2.75, 3.05) is 31.1 Å². The summed E-state index contributed by atoms with van der Waals surface area (Å²) in [6.07, 6.45) is 0.756. The second kappa shape index (κ2) is 11.5. The first-order valence-electron chi connectivity index (χ1n) is 14.0. The number of pyridine rings is 1. The van der Waals surface area contributed by atoms with Gasteiger partial charge in [-0.25, -0.2) is 4.68 Å². The molecular formula is C31H32N8O3. The van der Waals surface area contributed by atoms with E-state index < -0.39 is 11.0 Å². The van der Waals surface area contributed by atoms with E-state index in [0.717, 1.165) is 34.1 Å². The molecule has 5 aromatic rings. The number of nitrogens with zero attached hydrogens (tertiary/aromatic N) is 7. The van der Waals surface area contributed by atoms with Crippen molar-refractivity contribution < 1.29 is 4.92 Å². The maximum Gasteiger partial charge on any atom is 0.269 e. The number of nitro benzene ring substituents is 1. The summed E-state index contributed by atoms with van der Waals surface area (Å²) in [5.41, 5.74) is 5.61. The molecule has 6 rings (SSSR count). The van der Waals surface area contributed by atoms with E-state index in [4.69, 9.17) is 0 Å². The normalized spacial score (nSPS) is 14.8. The Hall–Kier alpha value is -4.90. The second-order valence-corrected chi connectivity index (χ2v) is 10.8. The predicted octanol–water partition coefficient (Wildman–Crippen LogP) is 4.19. The summed E-state index contributed by atoms with van der Waals surface area (Å²) in [5.74, 6) is 0.629. The molecule has 3 heterocycles. The largest absolute Gasteiger partial charge is 0.369 e.